The first-order valence-corrected chi connectivity index (χ1v) is 9.94. The van der Waals surface area contributed by atoms with E-state index in [9.17, 15) is 8.42 Å². The minimum absolute atomic E-state index is 0.0161. The first-order chi connectivity index (χ1) is 9.42. The molecule has 1 saturated carbocycles. The van der Waals surface area contributed by atoms with E-state index in [0.29, 0.717) is 9.72 Å². The minimum atomic E-state index is -3.55. The molecule has 2 atom stereocenters. The van der Waals surface area contributed by atoms with E-state index in [2.05, 4.69) is 27.6 Å². The van der Waals surface area contributed by atoms with Crippen molar-refractivity contribution in [2.24, 2.45) is 0 Å². The summed E-state index contributed by atoms with van der Waals surface area (Å²) in [6.45, 7) is 2.13. The third-order valence-corrected chi connectivity index (χ3v) is 6.68. The van der Waals surface area contributed by atoms with Crippen molar-refractivity contribution in [3.8, 4) is 0 Å². The molecule has 1 aliphatic carbocycles. The molecule has 0 saturated heterocycles. The average molecular weight is 379 g/mol. The highest BCUT2D eigenvalue weighted by molar-refractivity contribution is 9.10. The van der Waals surface area contributed by atoms with Gasteiger partial charge in [-0.15, -0.1) is 0 Å². The van der Waals surface area contributed by atoms with Gasteiger partial charge in [0.05, 0.1) is 5.69 Å². The molecular formula is C13H19BrN2O2S2. The summed E-state index contributed by atoms with van der Waals surface area (Å²) < 4.78 is 28.3. The number of hydrogen-bond acceptors (Lipinski definition) is 4. The quantitative estimate of drug-likeness (QED) is 0.772. The van der Waals surface area contributed by atoms with E-state index < -0.39 is 10.0 Å². The molecule has 112 valence electrons. The molecule has 0 bridgehead atoms. The largest absolute Gasteiger partial charge is 0.398 e. The number of hydrogen-bond donors (Lipinski definition) is 2. The molecule has 2 rings (SSSR count). The van der Waals surface area contributed by atoms with E-state index in [4.69, 9.17) is 5.73 Å². The molecule has 0 aromatic heterocycles. The Balaban J connectivity index is 2.10. The van der Waals surface area contributed by atoms with E-state index in [1.807, 2.05) is 11.8 Å². The Morgan fingerprint density at radius 2 is 2.20 bits per heavy atom. The highest BCUT2D eigenvalue weighted by Crippen LogP contribution is 2.31. The molecule has 0 aliphatic heterocycles. The lowest BCUT2D eigenvalue weighted by Gasteiger charge is -2.15. The molecule has 4 nitrogen and oxygen atoms in total. The molecule has 1 aliphatic rings. The summed E-state index contributed by atoms with van der Waals surface area (Å²) in [6.07, 6.45) is 2.86. The van der Waals surface area contributed by atoms with Crippen molar-refractivity contribution in [3.63, 3.8) is 0 Å². The van der Waals surface area contributed by atoms with Crippen LogP contribution >= 0.6 is 27.7 Å². The SMILES string of the molecule is CCSC1CCC(NS(=O)(=O)c2cc(Br)ccc2N)C1. The lowest BCUT2D eigenvalue weighted by atomic mass is 10.3. The average Bonchev–Trinajstić information content (AvgIpc) is 2.79. The molecule has 2 unspecified atom stereocenters. The standard InChI is InChI=1S/C13H19BrN2O2S2/c1-2-19-11-5-4-10(8-11)16-20(17,18)13-7-9(14)3-6-12(13)15/h3,6-7,10-11,16H,2,4-5,8,15H2,1H3. The van der Waals surface area contributed by atoms with E-state index in [1.165, 1.54) is 0 Å². The normalized spacial score (nSPS) is 23.1. The Labute approximate surface area is 133 Å². The van der Waals surface area contributed by atoms with E-state index >= 15 is 0 Å². The van der Waals surface area contributed by atoms with Crippen LogP contribution in [0.1, 0.15) is 26.2 Å². The highest BCUT2D eigenvalue weighted by atomic mass is 79.9. The first kappa shape index (κ1) is 16.1. The van der Waals surface area contributed by atoms with Gasteiger partial charge in [0, 0.05) is 15.8 Å². The molecule has 0 radical (unpaired) electrons. The maximum absolute atomic E-state index is 12.4. The summed E-state index contributed by atoms with van der Waals surface area (Å²) in [7, 11) is -3.55. The van der Waals surface area contributed by atoms with Gasteiger partial charge in [0.15, 0.2) is 0 Å². The number of sulfonamides is 1. The Bertz CT molecular complexity index is 578. The van der Waals surface area contributed by atoms with Gasteiger partial charge in [0.2, 0.25) is 10.0 Å². The summed E-state index contributed by atoms with van der Waals surface area (Å²) in [5.74, 6) is 1.07. The topological polar surface area (TPSA) is 72.2 Å². The van der Waals surface area contributed by atoms with E-state index in [1.54, 1.807) is 18.2 Å². The van der Waals surface area contributed by atoms with Crippen LogP contribution in [-0.4, -0.2) is 25.5 Å². The van der Waals surface area contributed by atoms with Gasteiger partial charge in [-0.3, -0.25) is 0 Å². The molecule has 1 aromatic carbocycles. The van der Waals surface area contributed by atoms with Crippen LogP contribution < -0.4 is 10.5 Å². The number of anilines is 1. The number of nitrogen functional groups attached to an aromatic ring is 1. The van der Waals surface area contributed by atoms with Crippen molar-refractivity contribution in [2.75, 3.05) is 11.5 Å². The fourth-order valence-electron chi connectivity index (χ4n) is 2.46. The fourth-order valence-corrected chi connectivity index (χ4v) is 5.55. The zero-order chi connectivity index (χ0) is 14.8. The Kier molecular flexibility index (Phi) is 5.39. The van der Waals surface area contributed by atoms with Gasteiger partial charge >= 0.3 is 0 Å². The van der Waals surface area contributed by atoms with Gasteiger partial charge in [-0.2, -0.15) is 11.8 Å². The van der Waals surface area contributed by atoms with Crippen molar-refractivity contribution in [2.45, 2.75) is 42.4 Å². The molecule has 7 heteroatoms. The number of rotatable bonds is 5. The van der Waals surface area contributed by atoms with E-state index in [0.717, 1.165) is 25.0 Å². The third-order valence-electron chi connectivity index (χ3n) is 3.37. The number of thioether (sulfide) groups is 1. The van der Waals surface area contributed by atoms with Crippen LogP contribution in [0.4, 0.5) is 5.69 Å². The monoisotopic (exact) mass is 378 g/mol. The van der Waals surface area contributed by atoms with Crippen LogP contribution in [0.3, 0.4) is 0 Å². The zero-order valence-electron chi connectivity index (χ0n) is 11.3. The van der Waals surface area contributed by atoms with Gasteiger partial charge in [-0.25, -0.2) is 13.1 Å². The molecule has 0 spiro atoms. The third kappa shape index (κ3) is 3.90. The van der Waals surface area contributed by atoms with Crippen molar-refractivity contribution >= 4 is 43.4 Å². The smallest absolute Gasteiger partial charge is 0.242 e. The fraction of sp³-hybridized carbons (Fsp3) is 0.538. The Morgan fingerprint density at radius 1 is 1.45 bits per heavy atom. The number of nitrogens with two attached hydrogens (primary N) is 1. The summed E-state index contributed by atoms with van der Waals surface area (Å²) in [5.41, 5.74) is 6.06. The Morgan fingerprint density at radius 3 is 2.90 bits per heavy atom. The number of halogens is 1. The maximum Gasteiger partial charge on any atom is 0.242 e. The summed E-state index contributed by atoms with van der Waals surface area (Å²) in [5, 5.41) is 0.563. The minimum Gasteiger partial charge on any atom is -0.398 e. The number of nitrogens with one attached hydrogen (secondary N) is 1. The van der Waals surface area contributed by atoms with Crippen LogP contribution in [0.15, 0.2) is 27.6 Å². The second-order valence-electron chi connectivity index (χ2n) is 4.89. The summed E-state index contributed by atoms with van der Waals surface area (Å²) in [4.78, 5) is 0.151. The van der Waals surface area contributed by atoms with Gasteiger partial charge in [0.1, 0.15) is 4.90 Å². The van der Waals surface area contributed by atoms with Gasteiger partial charge < -0.3 is 5.73 Å². The summed E-state index contributed by atoms with van der Waals surface area (Å²) in [6, 6.07) is 4.90. The van der Waals surface area contributed by atoms with Crippen molar-refractivity contribution < 1.29 is 8.42 Å². The van der Waals surface area contributed by atoms with Gasteiger partial charge in [-0.1, -0.05) is 22.9 Å². The first-order valence-electron chi connectivity index (χ1n) is 6.61. The van der Waals surface area contributed by atoms with Crippen molar-refractivity contribution in [3.05, 3.63) is 22.7 Å². The van der Waals surface area contributed by atoms with Gasteiger partial charge in [-0.05, 0) is 43.2 Å². The molecule has 0 heterocycles. The molecule has 1 fully saturated rings. The highest BCUT2D eigenvalue weighted by Gasteiger charge is 2.29. The lowest BCUT2D eigenvalue weighted by Crippen LogP contribution is -2.33. The molecule has 1 aromatic rings. The number of benzene rings is 1. The Hall–Kier alpha value is -0.240. The van der Waals surface area contributed by atoms with Crippen LogP contribution in [0, 0.1) is 0 Å². The second kappa shape index (κ2) is 6.68. The maximum atomic E-state index is 12.4. The van der Waals surface area contributed by atoms with Crippen LogP contribution in [-0.2, 0) is 10.0 Å². The zero-order valence-corrected chi connectivity index (χ0v) is 14.5. The molecular weight excluding hydrogens is 360 g/mol. The van der Waals surface area contributed by atoms with Crippen LogP contribution in [0.25, 0.3) is 0 Å². The van der Waals surface area contributed by atoms with Crippen molar-refractivity contribution in [1.82, 2.24) is 4.72 Å². The van der Waals surface area contributed by atoms with Crippen LogP contribution in [0.2, 0.25) is 0 Å². The lowest BCUT2D eigenvalue weighted by molar-refractivity contribution is 0.553. The second-order valence-corrected chi connectivity index (χ2v) is 9.07. The molecule has 3 N–H and O–H groups in total. The molecule has 20 heavy (non-hydrogen) atoms. The molecule has 0 amide bonds. The van der Waals surface area contributed by atoms with E-state index in [-0.39, 0.29) is 16.6 Å². The predicted molar refractivity (Wildman–Crippen MR) is 88.4 cm³/mol. The summed E-state index contributed by atoms with van der Waals surface area (Å²) >= 11 is 5.18. The van der Waals surface area contributed by atoms with Crippen molar-refractivity contribution in [1.29, 1.82) is 0 Å². The predicted octanol–water partition coefficient (Wildman–Crippen LogP) is 2.98. The van der Waals surface area contributed by atoms with Gasteiger partial charge in [0.25, 0.3) is 0 Å². The van der Waals surface area contributed by atoms with Crippen LogP contribution in [0.5, 0.6) is 0 Å².